The molecule has 4 rings (SSSR count). The van der Waals surface area contributed by atoms with Crippen molar-refractivity contribution in [2.24, 2.45) is 0 Å². The molecule has 4 heterocycles. The lowest BCUT2D eigenvalue weighted by molar-refractivity contribution is 0.0784. The molecule has 2 aliphatic rings. The Labute approximate surface area is 136 Å². The molecule has 1 radical (unpaired) electrons. The van der Waals surface area contributed by atoms with Crippen LogP contribution < -0.4 is 0 Å². The standard InChI is InChI=1S/C18H22N3O2/c1-4-14(12-22-8-1)16-10-19-11-17(15-5-2-9-23-13-15)18(16)21-7-3-6-20-21/h3,6-7,10,14-15H,1-2,4-5,8-9,12-13H2. The van der Waals surface area contributed by atoms with Crippen molar-refractivity contribution < 1.29 is 9.47 Å². The summed E-state index contributed by atoms with van der Waals surface area (Å²) in [6, 6.07) is 1.96. The Balaban J connectivity index is 1.78. The van der Waals surface area contributed by atoms with Crippen molar-refractivity contribution in [3.8, 4) is 5.69 Å². The fourth-order valence-electron chi connectivity index (χ4n) is 3.64. The minimum absolute atomic E-state index is 0.347. The fraction of sp³-hybridized carbons (Fsp3) is 0.556. The van der Waals surface area contributed by atoms with E-state index >= 15 is 0 Å². The lowest BCUT2D eigenvalue weighted by Crippen LogP contribution is -2.22. The van der Waals surface area contributed by atoms with E-state index in [9.17, 15) is 0 Å². The maximum Gasteiger partial charge on any atom is 0.0947 e. The van der Waals surface area contributed by atoms with Crippen molar-refractivity contribution in [2.75, 3.05) is 26.4 Å². The monoisotopic (exact) mass is 312 g/mol. The molecular formula is C18H22N3O2. The van der Waals surface area contributed by atoms with Gasteiger partial charge in [0.15, 0.2) is 0 Å². The van der Waals surface area contributed by atoms with E-state index in [0.717, 1.165) is 63.4 Å². The SMILES string of the molecule is [c]1ncc(C2CCCOC2)c(-n2cccn2)c1C1CCCOC1. The van der Waals surface area contributed by atoms with E-state index in [2.05, 4.69) is 16.3 Å². The van der Waals surface area contributed by atoms with Gasteiger partial charge < -0.3 is 9.47 Å². The second kappa shape index (κ2) is 6.81. The van der Waals surface area contributed by atoms with Crippen LogP contribution in [0.1, 0.15) is 48.6 Å². The number of rotatable bonds is 3. The predicted octanol–water partition coefficient (Wildman–Crippen LogP) is 2.86. The highest BCUT2D eigenvalue weighted by molar-refractivity contribution is 5.49. The number of hydrogen-bond donors (Lipinski definition) is 0. The molecule has 2 fully saturated rings. The van der Waals surface area contributed by atoms with Crippen LogP contribution in [0.4, 0.5) is 0 Å². The summed E-state index contributed by atoms with van der Waals surface area (Å²) in [7, 11) is 0. The van der Waals surface area contributed by atoms with Crippen molar-refractivity contribution in [1.29, 1.82) is 0 Å². The third-order valence-corrected chi connectivity index (χ3v) is 4.82. The quantitative estimate of drug-likeness (QED) is 0.874. The minimum atomic E-state index is 0.347. The van der Waals surface area contributed by atoms with Crippen molar-refractivity contribution in [1.82, 2.24) is 14.8 Å². The molecule has 0 spiro atoms. The smallest absolute Gasteiger partial charge is 0.0947 e. The topological polar surface area (TPSA) is 49.2 Å². The van der Waals surface area contributed by atoms with Crippen LogP contribution in [0, 0.1) is 6.20 Å². The van der Waals surface area contributed by atoms with E-state index in [1.54, 1.807) is 0 Å². The maximum atomic E-state index is 5.70. The van der Waals surface area contributed by atoms with Crippen LogP contribution >= 0.6 is 0 Å². The van der Waals surface area contributed by atoms with E-state index in [4.69, 9.17) is 9.47 Å². The van der Waals surface area contributed by atoms with Gasteiger partial charge in [0.2, 0.25) is 0 Å². The Hall–Kier alpha value is -1.72. The number of nitrogens with zero attached hydrogens (tertiary/aromatic N) is 3. The minimum Gasteiger partial charge on any atom is -0.381 e. The molecule has 2 saturated heterocycles. The van der Waals surface area contributed by atoms with Gasteiger partial charge in [0, 0.05) is 54.8 Å². The molecule has 23 heavy (non-hydrogen) atoms. The number of pyridine rings is 1. The number of hydrogen-bond acceptors (Lipinski definition) is 4. The van der Waals surface area contributed by atoms with Crippen molar-refractivity contribution in [3.05, 3.63) is 42.0 Å². The zero-order valence-electron chi connectivity index (χ0n) is 13.3. The van der Waals surface area contributed by atoms with Gasteiger partial charge in [-0.3, -0.25) is 4.98 Å². The maximum absolute atomic E-state index is 5.70. The van der Waals surface area contributed by atoms with Gasteiger partial charge in [-0.25, -0.2) is 4.68 Å². The Bertz CT molecular complexity index is 593. The average Bonchev–Trinajstić information content (AvgIpc) is 3.17. The molecule has 2 aromatic rings. The first-order valence-electron chi connectivity index (χ1n) is 8.49. The Morgan fingerprint density at radius 2 is 1.87 bits per heavy atom. The Kier molecular flexibility index (Phi) is 4.39. The zero-order valence-corrected chi connectivity index (χ0v) is 13.3. The first-order valence-corrected chi connectivity index (χ1v) is 8.49. The summed E-state index contributed by atoms with van der Waals surface area (Å²) in [4.78, 5) is 4.43. The summed E-state index contributed by atoms with van der Waals surface area (Å²) >= 11 is 0. The van der Waals surface area contributed by atoms with Crippen molar-refractivity contribution in [2.45, 2.75) is 37.5 Å². The predicted molar refractivity (Wildman–Crippen MR) is 85.8 cm³/mol. The third kappa shape index (κ3) is 3.03. The van der Waals surface area contributed by atoms with E-state index in [-0.39, 0.29) is 0 Å². The molecule has 2 aliphatic heterocycles. The van der Waals surface area contributed by atoms with Crippen LogP contribution in [0.3, 0.4) is 0 Å². The van der Waals surface area contributed by atoms with E-state index in [1.165, 1.54) is 5.56 Å². The van der Waals surface area contributed by atoms with Crippen LogP contribution in [0.15, 0.2) is 24.7 Å². The summed E-state index contributed by atoms with van der Waals surface area (Å²) in [6.07, 6.45) is 13.5. The second-order valence-corrected chi connectivity index (χ2v) is 6.37. The number of aromatic nitrogens is 3. The molecule has 0 N–H and O–H groups in total. The zero-order chi connectivity index (χ0) is 15.5. The summed E-state index contributed by atoms with van der Waals surface area (Å²) in [5, 5.41) is 4.48. The third-order valence-electron chi connectivity index (χ3n) is 4.82. The fourth-order valence-corrected chi connectivity index (χ4v) is 3.64. The molecule has 2 unspecified atom stereocenters. The summed E-state index contributed by atoms with van der Waals surface area (Å²) in [6.45, 7) is 3.23. The first kappa shape index (κ1) is 14.8. The van der Waals surface area contributed by atoms with Crippen LogP contribution in [0.5, 0.6) is 0 Å². The van der Waals surface area contributed by atoms with Gasteiger partial charge in [-0.2, -0.15) is 5.10 Å². The molecular weight excluding hydrogens is 290 g/mol. The molecule has 2 aromatic heterocycles. The van der Waals surface area contributed by atoms with Crippen LogP contribution in [0.25, 0.3) is 5.69 Å². The second-order valence-electron chi connectivity index (χ2n) is 6.37. The molecule has 0 amide bonds. The highest BCUT2D eigenvalue weighted by Crippen LogP contribution is 2.36. The molecule has 5 nitrogen and oxygen atoms in total. The molecule has 0 aliphatic carbocycles. The normalized spacial score (nSPS) is 25.4. The van der Waals surface area contributed by atoms with E-state index < -0.39 is 0 Å². The molecule has 121 valence electrons. The van der Waals surface area contributed by atoms with Crippen molar-refractivity contribution >= 4 is 0 Å². The van der Waals surface area contributed by atoms with E-state index in [1.807, 2.05) is 29.3 Å². The molecule has 5 heteroatoms. The largest absolute Gasteiger partial charge is 0.381 e. The molecule has 0 aromatic carbocycles. The summed E-state index contributed by atoms with van der Waals surface area (Å²) < 4.78 is 13.4. The highest BCUT2D eigenvalue weighted by Gasteiger charge is 2.27. The summed E-state index contributed by atoms with van der Waals surface area (Å²) in [5.41, 5.74) is 3.50. The average molecular weight is 312 g/mol. The lowest BCUT2D eigenvalue weighted by atomic mass is 9.87. The van der Waals surface area contributed by atoms with Crippen molar-refractivity contribution in [3.63, 3.8) is 0 Å². The Morgan fingerprint density at radius 1 is 1.09 bits per heavy atom. The summed E-state index contributed by atoms with van der Waals surface area (Å²) in [5.74, 6) is 0.730. The lowest BCUT2D eigenvalue weighted by Gasteiger charge is -2.28. The van der Waals surface area contributed by atoms with Crippen LogP contribution in [-0.4, -0.2) is 41.2 Å². The first-order chi connectivity index (χ1) is 11.4. The highest BCUT2D eigenvalue weighted by atomic mass is 16.5. The van der Waals surface area contributed by atoms with Gasteiger partial charge in [-0.15, -0.1) is 0 Å². The van der Waals surface area contributed by atoms with Gasteiger partial charge in [-0.1, -0.05) is 0 Å². The van der Waals surface area contributed by atoms with Crippen LogP contribution in [-0.2, 0) is 9.47 Å². The van der Waals surface area contributed by atoms with Crippen LogP contribution in [0.2, 0.25) is 0 Å². The number of ether oxygens (including phenoxy) is 2. The molecule has 2 atom stereocenters. The van der Waals surface area contributed by atoms with E-state index in [0.29, 0.717) is 11.8 Å². The van der Waals surface area contributed by atoms with Gasteiger partial charge in [-0.05, 0) is 31.7 Å². The van der Waals surface area contributed by atoms with Gasteiger partial charge >= 0.3 is 0 Å². The van der Waals surface area contributed by atoms with Gasteiger partial charge in [0.05, 0.1) is 25.1 Å². The Morgan fingerprint density at radius 3 is 2.52 bits per heavy atom. The molecule has 0 bridgehead atoms. The van der Waals surface area contributed by atoms with Gasteiger partial charge in [0.1, 0.15) is 0 Å². The van der Waals surface area contributed by atoms with Gasteiger partial charge in [0.25, 0.3) is 0 Å². The molecule has 0 saturated carbocycles.